The van der Waals surface area contributed by atoms with Crippen molar-refractivity contribution in [1.29, 1.82) is 0 Å². The second-order valence-corrected chi connectivity index (χ2v) is 5.02. The molecule has 2 aliphatic rings. The minimum atomic E-state index is -2.94. The molecule has 0 aromatic rings. The summed E-state index contributed by atoms with van der Waals surface area (Å²) in [6.07, 6.45) is 2.11. The first-order chi connectivity index (χ1) is 5.20. The molecule has 1 aliphatic carbocycles. The first kappa shape index (κ1) is 7.52. The third-order valence-electron chi connectivity index (χ3n) is 2.10. The molecule has 0 bridgehead atoms. The molecule has 64 valence electrons. The fraction of sp³-hybridized carbons (Fsp3) is 1.00. The predicted octanol–water partition coefficient (Wildman–Crippen LogP) is -0.659. The Labute approximate surface area is 66.6 Å². The van der Waals surface area contributed by atoms with E-state index in [4.69, 9.17) is 0 Å². The van der Waals surface area contributed by atoms with Crippen molar-refractivity contribution in [3.63, 3.8) is 0 Å². The molecule has 0 atom stereocenters. The van der Waals surface area contributed by atoms with Gasteiger partial charge < -0.3 is 5.32 Å². The lowest BCUT2D eigenvalue weighted by Crippen LogP contribution is -2.48. The highest BCUT2D eigenvalue weighted by Crippen LogP contribution is 2.29. The third-order valence-corrected chi connectivity index (χ3v) is 3.87. The number of rotatable bonds is 1. The van der Waals surface area contributed by atoms with Crippen LogP contribution in [0.3, 0.4) is 0 Å². The van der Waals surface area contributed by atoms with Gasteiger partial charge in [-0.25, -0.2) is 8.42 Å². The van der Waals surface area contributed by atoms with Crippen LogP contribution in [0.4, 0.5) is 0 Å². The van der Waals surface area contributed by atoms with Gasteiger partial charge in [-0.2, -0.15) is 4.31 Å². The highest BCUT2D eigenvalue weighted by Gasteiger charge is 2.38. The summed E-state index contributed by atoms with van der Waals surface area (Å²) in [5.74, 6) is 0.128. The van der Waals surface area contributed by atoms with Crippen LogP contribution in [-0.2, 0) is 10.0 Å². The molecule has 0 amide bonds. The zero-order valence-corrected chi connectivity index (χ0v) is 7.10. The second-order valence-electron chi connectivity index (χ2n) is 3.10. The zero-order valence-electron chi connectivity index (χ0n) is 6.28. The first-order valence-electron chi connectivity index (χ1n) is 3.90. The molecule has 0 spiro atoms. The van der Waals surface area contributed by atoms with Gasteiger partial charge >= 0.3 is 0 Å². The molecular formula is C6H12N2O2S. The Morgan fingerprint density at radius 1 is 1.36 bits per heavy atom. The minimum Gasteiger partial charge on any atom is -0.301 e. The predicted molar refractivity (Wildman–Crippen MR) is 41.5 cm³/mol. The Morgan fingerprint density at radius 2 is 2.09 bits per heavy atom. The van der Waals surface area contributed by atoms with Crippen LogP contribution in [0.5, 0.6) is 0 Å². The summed E-state index contributed by atoms with van der Waals surface area (Å²) < 4.78 is 24.3. The monoisotopic (exact) mass is 176 g/mol. The Morgan fingerprint density at radius 3 is 2.64 bits per heavy atom. The van der Waals surface area contributed by atoms with Crippen molar-refractivity contribution in [2.75, 3.05) is 19.0 Å². The smallest absolute Gasteiger partial charge is 0.227 e. The summed E-state index contributed by atoms with van der Waals surface area (Å²) in [5, 5.41) is 2.86. The summed E-state index contributed by atoms with van der Waals surface area (Å²) in [6, 6.07) is 0.335. The van der Waals surface area contributed by atoms with Gasteiger partial charge in [-0.1, -0.05) is 0 Å². The Balaban J connectivity index is 2.15. The Hall–Kier alpha value is -0.130. The van der Waals surface area contributed by atoms with E-state index in [1.807, 2.05) is 0 Å². The van der Waals surface area contributed by atoms with Crippen LogP contribution in [0.1, 0.15) is 12.8 Å². The van der Waals surface area contributed by atoms with Crippen molar-refractivity contribution < 1.29 is 8.42 Å². The molecule has 1 heterocycles. The maximum atomic E-state index is 11.3. The van der Waals surface area contributed by atoms with Crippen molar-refractivity contribution in [3.8, 4) is 0 Å². The highest BCUT2D eigenvalue weighted by molar-refractivity contribution is 7.89. The fourth-order valence-corrected chi connectivity index (χ4v) is 2.99. The number of nitrogens with zero attached hydrogens (tertiary/aromatic N) is 1. The largest absolute Gasteiger partial charge is 0.301 e. The highest BCUT2D eigenvalue weighted by atomic mass is 32.2. The maximum absolute atomic E-state index is 11.3. The quantitative estimate of drug-likeness (QED) is 0.577. The molecule has 5 heteroatoms. The molecule has 1 saturated carbocycles. The summed E-state index contributed by atoms with van der Waals surface area (Å²) in [6.45, 7) is 1.46. The van der Waals surface area contributed by atoms with Crippen molar-refractivity contribution in [2.45, 2.75) is 18.9 Å². The lowest BCUT2D eigenvalue weighted by Gasteiger charge is -2.26. The fourth-order valence-electron chi connectivity index (χ4n) is 1.38. The van der Waals surface area contributed by atoms with E-state index in [0.717, 1.165) is 19.4 Å². The molecule has 1 saturated heterocycles. The van der Waals surface area contributed by atoms with Crippen LogP contribution in [0, 0.1) is 0 Å². The molecular weight excluding hydrogens is 164 g/mol. The number of hydrogen-bond acceptors (Lipinski definition) is 3. The average Bonchev–Trinajstić information content (AvgIpc) is 2.69. The maximum Gasteiger partial charge on any atom is 0.227 e. The normalized spacial score (nSPS) is 32.0. The molecule has 11 heavy (non-hydrogen) atoms. The molecule has 2 fully saturated rings. The molecule has 1 aliphatic heterocycles. The van der Waals surface area contributed by atoms with Gasteiger partial charge in [0, 0.05) is 19.1 Å². The van der Waals surface area contributed by atoms with E-state index in [0.29, 0.717) is 12.6 Å². The molecule has 4 nitrogen and oxygen atoms in total. The lowest BCUT2D eigenvalue weighted by molar-refractivity contribution is 0.378. The van der Waals surface area contributed by atoms with Gasteiger partial charge in [0.15, 0.2) is 0 Å². The average molecular weight is 176 g/mol. The SMILES string of the molecule is O=S1(=O)CNCCN1C1CC1. The van der Waals surface area contributed by atoms with Gasteiger partial charge in [0.1, 0.15) is 5.88 Å². The van der Waals surface area contributed by atoms with E-state index < -0.39 is 10.0 Å². The van der Waals surface area contributed by atoms with Crippen LogP contribution in [0.2, 0.25) is 0 Å². The Bertz CT molecular complexity index is 245. The van der Waals surface area contributed by atoms with Gasteiger partial charge in [0.05, 0.1) is 0 Å². The standard InChI is InChI=1S/C6H12N2O2S/c9-11(10)5-7-3-4-8(11)6-1-2-6/h6-7H,1-5H2. The third kappa shape index (κ3) is 1.40. The summed E-state index contributed by atoms with van der Waals surface area (Å²) in [7, 11) is -2.94. The second kappa shape index (κ2) is 2.43. The van der Waals surface area contributed by atoms with E-state index in [-0.39, 0.29) is 5.88 Å². The Kier molecular flexibility index (Phi) is 1.66. The molecule has 0 aromatic heterocycles. The zero-order chi connectivity index (χ0) is 7.90. The summed E-state index contributed by atoms with van der Waals surface area (Å²) in [5.41, 5.74) is 0. The number of hydrogen-bond donors (Lipinski definition) is 1. The summed E-state index contributed by atoms with van der Waals surface area (Å²) in [4.78, 5) is 0. The van der Waals surface area contributed by atoms with E-state index in [2.05, 4.69) is 5.32 Å². The van der Waals surface area contributed by atoms with Gasteiger partial charge in [0.25, 0.3) is 0 Å². The molecule has 1 N–H and O–H groups in total. The molecule has 0 unspecified atom stereocenters. The van der Waals surface area contributed by atoms with Crippen LogP contribution < -0.4 is 5.32 Å². The van der Waals surface area contributed by atoms with Crippen LogP contribution >= 0.6 is 0 Å². The van der Waals surface area contributed by atoms with Crippen LogP contribution in [0.15, 0.2) is 0 Å². The van der Waals surface area contributed by atoms with Gasteiger partial charge in [-0.15, -0.1) is 0 Å². The van der Waals surface area contributed by atoms with Gasteiger partial charge in [-0.05, 0) is 12.8 Å². The summed E-state index contributed by atoms with van der Waals surface area (Å²) >= 11 is 0. The number of sulfonamides is 1. The topological polar surface area (TPSA) is 49.4 Å². The van der Waals surface area contributed by atoms with E-state index in [1.54, 1.807) is 4.31 Å². The van der Waals surface area contributed by atoms with E-state index >= 15 is 0 Å². The molecule has 0 aromatic carbocycles. The first-order valence-corrected chi connectivity index (χ1v) is 5.51. The number of nitrogens with one attached hydrogen (secondary N) is 1. The van der Waals surface area contributed by atoms with Gasteiger partial charge in [0.2, 0.25) is 10.0 Å². The molecule has 2 rings (SSSR count). The van der Waals surface area contributed by atoms with Crippen molar-refractivity contribution in [3.05, 3.63) is 0 Å². The van der Waals surface area contributed by atoms with Crippen LogP contribution in [0.25, 0.3) is 0 Å². The lowest BCUT2D eigenvalue weighted by atomic mass is 10.6. The van der Waals surface area contributed by atoms with E-state index in [1.165, 1.54) is 0 Å². The molecule has 0 radical (unpaired) electrons. The van der Waals surface area contributed by atoms with Crippen LogP contribution in [-0.4, -0.2) is 37.7 Å². The van der Waals surface area contributed by atoms with Crippen molar-refractivity contribution >= 4 is 10.0 Å². The van der Waals surface area contributed by atoms with Crippen molar-refractivity contribution in [2.24, 2.45) is 0 Å². The van der Waals surface area contributed by atoms with Gasteiger partial charge in [-0.3, -0.25) is 0 Å². The van der Waals surface area contributed by atoms with Crippen molar-refractivity contribution in [1.82, 2.24) is 9.62 Å². The van der Waals surface area contributed by atoms with E-state index in [9.17, 15) is 8.42 Å². The minimum absolute atomic E-state index is 0.128.